The van der Waals surface area contributed by atoms with E-state index in [1.807, 2.05) is 4.90 Å². The Morgan fingerprint density at radius 3 is 2.60 bits per heavy atom. The average molecular weight is 288 g/mol. The number of nitrogen functional groups attached to an aromatic ring is 1. The second-order valence-corrected chi connectivity index (χ2v) is 5.11. The first kappa shape index (κ1) is 15.1. The fraction of sp³-hybridized carbons (Fsp3) is 0.571. The van der Waals surface area contributed by atoms with E-state index in [1.54, 1.807) is 7.11 Å². The van der Waals surface area contributed by atoms with E-state index in [1.165, 1.54) is 12.1 Å². The Balaban J connectivity index is 2.18. The smallest absolute Gasteiger partial charge is 0.399 e. The molecule has 0 bridgehead atoms. The zero-order chi connectivity index (χ0) is 14.8. The van der Waals surface area contributed by atoms with E-state index in [0.29, 0.717) is 19.2 Å². The Bertz CT molecular complexity index is 458. The second-order valence-electron chi connectivity index (χ2n) is 5.11. The third-order valence-corrected chi connectivity index (χ3v) is 3.46. The molecule has 1 aromatic carbocycles. The summed E-state index contributed by atoms with van der Waals surface area (Å²) in [5.74, 6) is 0. The van der Waals surface area contributed by atoms with Crippen molar-refractivity contribution >= 4 is 5.69 Å². The average Bonchev–Trinajstić information content (AvgIpc) is 3.19. The van der Waals surface area contributed by atoms with Crippen LogP contribution in [-0.2, 0) is 17.5 Å². The normalized spacial score (nSPS) is 15.8. The van der Waals surface area contributed by atoms with Crippen molar-refractivity contribution in [3.8, 4) is 0 Å². The molecule has 0 aromatic heterocycles. The molecule has 1 fully saturated rings. The molecule has 0 atom stereocenters. The number of hydrogen-bond donors (Lipinski definition) is 1. The Morgan fingerprint density at radius 2 is 2.05 bits per heavy atom. The Kier molecular flexibility index (Phi) is 4.55. The maximum atomic E-state index is 13.0. The SMILES string of the molecule is COCCN(Cc1ccc(N)cc1C(F)(F)F)C1CC1. The summed E-state index contributed by atoms with van der Waals surface area (Å²) in [4.78, 5) is 2.05. The lowest BCUT2D eigenvalue weighted by Crippen LogP contribution is -2.30. The molecule has 0 unspecified atom stereocenters. The topological polar surface area (TPSA) is 38.5 Å². The van der Waals surface area contributed by atoms with Crippen LogP contribution in [0.4, 0.5) is 18.9 Å². The maximum absolute atomic E-state index is 13.0. The van der Waals surface area contributed by atoms with Gasteiger partial charge in [0.05, 0.1) is 12.2 Å². The molecule has 0 radical (unpaired) electrons. The van der Waals surface area contributed by atoms with Gasteiger partial charge in [0.2, 0.25) is 0 Å². The van der Waals surface area contributed by atoms with E-state index in [2.05, 4.69) is 0 Å². The van der Waals surface area contributed by atoms with Gasteiger partial charge < -0.3 is 10.5 Å². The number of nitrogens with zero attached hydrogens (tertiary/aromatic N) is 1. The van der Waals surface area contributed by atoms with Crippen LogP contribution in [0.3, 0.4) is 0 Å². The predicted octanol–water partition coefficient (Wildman–Crippen LogP) is 2.90. The van der Waals surface area contributed by atoms with E-state index in [-0.39, 0.29) is 17.8 Å². The number of rotatable bonds is 6. The van der Waals surface area contributed by atoms with Crippen LogP contribution in [0.25, 0.3) is 0 Å². The van der Waals surface area contributed by atoms with Crippen molar-refractivity contribution in [2.45, 2.75) is 31.6 Å². The number of anilines is 1. The van der Waals surface area contributed by atoms with Crippen molar-refractivity contribution in [3.63, 3.8) is 0 Å². The summed E-state index contributed by atoms with van der Waals surface area (Å²) in [6.45, 7) is 1.44. The molecule has 0 aliphatic heterocycles. The van der Waals surface area contributed by atoms with Crippen molar-refractivity contribution in [2.24, 2.45) is 0 Å². The van der Waals surface area contributed by atoms with Crippen LogP contribution >= 0.6 is 0 Å². The Labute approximate surface area is 116 Å². The van der Waals surface area contributed by atoms with Gasteiger partial charge in [0.25, 0.3) is 0 Å². The lowest BCUT2D eigenvalue weighted by molar-refractivity contribution is -0.138. The zero-order valence-corrected chi connectivity index (χ0v) is 11.4. The molecule has 6 heteroatoms. The monoisotopic (exact) mass is 288 g/mol. The molecule has 1 aliphatic rings. The lowest BCUT2D eigenvalue weighted by atomic mass is 10.1. The van der Waals surface area contributed by atoms with Crippen molar-refractivity contribution in [1.29, 1.82) is 0 Å². The Morgan fingerprint density at radius 1 is 1.35 bits per heavy atom. The third kappa shape index (κ3) is 3.86. The van der Waals surface area contributed by atoms with E-state index in [4.69, 9.17) is 10.5 Å². The molecule has 112 valence electrons. The van der Waals surface area contributed by atoms with Gasteiger partial charge in [0.15, 0.2) is 0 Å². The minimum absolute atomic E-state index is 0.135. The second kappa shape index (κ2) is 6.01. The minimum atomic E-state index is -4.37. The number of benzene rings is 1. The van der Waals surface area contributed by atoms with E-state index >= 15 is 0 Å². The molecule has 0 heterocycles. The molecule has 1 aromatic rings. The predicted molar refractivity (Wildman–Crippen MR) is 71.2 cm³/mol. The molecule has 0 spiro atoms. The van der Waals surface area contributed by atoms with Crippen LogP contribution in [-0.4, -0.2) is 31.2 Å². The van der Waals surface area contributed by atoms with Crippen LogP contribution in [0.1, 0.15) is 24.0 Å². The van der Waals surface area contributed by atoms with E-state index in [0.717, 1.165) is 18.9 Å². The summed E-state index contributed by atoms with van der Waals surface area (Å²) >= 11 is 0. The molecular weight excluding hydrogens is 269 g/mol. The highest BCUT2D eigenvalue weighted by molar-refractivity contribution is 5.46. The number of halogens is 3. The van der Waals surface area contributed by atoms with Gasteiger partial charge >= 0.3 is 6.18 Å². The summed E-state index contributed by atoms with van der Waals surface area (Å²) in [6, 6.07) is 4.38. The van der Waals surface area contributed by atoms with Crippen LogP contribution in [0.15, 0.2) is 18.2 Å². The molecule has 3 nitrogen and oxygen atoms in total. The highest BCUT2D eigenvalue weighted by Crippen LogP contribution is 2.35. The molecule has 2 rings (SSSR count). The van der Waals surface area contributed by atoms with Crippen molar-refractivity contribution in [1.82, 2.24) is 4.90 Å². The van der Waals surface area contributed by atoms with Gasteiger partial charge in [-0.05, 0) is 30.5 Å². The highest BCUT2D eigenvalue weighted by Gasteiger charge is 2.35. The van der Waals surface area contributed by atoms with Crippen molar-refractivity contribution in [3.05, 3.63) is 29.3 Å². The highest BCUT2D eigenvalue weighted by atomic mass is 19.4. The maximum Gasteiger partial charge on any atom is 0.416 e. The van der Waals surface area contributed by atoms with Gasteiger partial charge in [-0.15, -0.1) is 0 Å². The van der Waals surface area contributed by atoms with Gasteiger partial charge in [-0.2, -0.15) is 13.2 Å². The molecule has 2 N–H and O–H groups in total. The summed E-state index contributed by atoms with van der Waals surface area (Å²) < 4.78 is 44.2. The molecule has 0 saturated heterocycles. The molecule has 20 heavy (non-hydrogen) atoms. The fourth-order valence-corrected chi connectivity index (χ4v) is 2.25. The molecular formula is C14H19F3N2O. The first-order valence-electron chi connectivity index (χ1n) is 6.60. The van der Waals surface area contributed by atoms with Gasteiger partial charge in [-0.25, -0.2) is 0 Å². The quantitative estimate of drug-likeness (QED) is 0.818. The molecule has 1 saturated carbocycles. The number of nitrogens with two attached hydrogens (primary N) is 1. The first-order valence-corrected chi connectivity index (χ1v) is 6.60. The fourth-order valence-electron chi connectivity index (χ4n) is 2.25. The van der Waals surface area contributed by atoms with Crippen LogP contribution in [0.5, 0.6) is 0 Å². The molecule has 0 amide bonds. The largest absolute Gasteiger partial charge is 0.416 e. The van der Waals surface area contributed by atoms with E-state index < -0.39 is 11.7 Å². The van der Waals surface area contributed by atoms with E-state index in [9.17, 15) is 13.2 Å². The van der Waals surface area contributed by atoms with Crippen LogP contribution in [0.2, 0.25) is 0 Å². The summed E-state index contributed by atoms with van der Waals surface area (Å²) in [6.07, 6.45) is -2.29. The third-order valence-electron chi connectivity index (χ3n) is 3.46. The molecule has 1 aliphatic carbocycles. The number of methoxy groups -OCH3 is 1. The summed E-state index contributed by atoms with van der Waals surface area (Å²) in [7, 11) is 1.59. The van der Waals surface area contributed by atoms with Gasteiger partial charge in [0, 0.05) is 31.9 Å². The Hall–Kier alpha value is -1.27. The van der Waals surface area contributed by atoms with Crippen LogP contribution < -0.4 is 5.73 Å². The van der Waals surface area contributed by atoms with Gasteiger partial charge in [-0.3, -0.25) is 4.90 Å². The summed E-state index contributed by atoms with van der Waals surface area (Å²) in [5.41, 5.74) is 5.24. The van der Waals surface area contributed by atoms with Crippen molar-refractivity contribution in [2.75, 3.05) is 26.0 Å². The minimum Gasteiger partial charge on any atom is -0.399 e. The van der Waals surface area contributed by atoms with Crippen molar-refractivity contribution < 1.29 is 17.9 Å². The number of alkyl halides is 3. The number of hydrogen-bond acceptors (Lipinski definition) is 3. The van der Waals surface area contributed by atoms with Gasteiger partial charge in [-0.1, -0.05) is 6.07 Å². The van der Waals surface area contributed by atoms with Gasteiger partial charge in [0.1, 0.15) is 0 Å². The summed E-state index contributed by atoms with van der Waals surface area (Å²) in [5, 5.41) is 0. The standard InChI is InChI=1S/C14H19F3N2O/c1-20-7-6-19(12-4-5-12)9-10-2-3-11(18)8-13(10)14(15,16)17/h2-3,8,12H,4-7,9,18H2,1H3. The number of ether oxygens (including phenoxy) is 1. The van der Waals surface area contributed by atoms with Crippen LogP contribution in [0, 0.1) is 0 Å². The zero-order valence-electron chi connectivity index (χ0n) is 11.4. The first-order chi connectivity index (χ1) is 9.41. The lowest BCUT2D eigenvalue weighted by Gasteiger charge is -2.24.